The van der Waals surface area contributed by atoms with Crippen molar-refractivity contribution in [1.29, 1.82) is 0 Å². The Labute approximate surface area is 177 Å². The molecule has 1 aliphatic heterocycles. The number of thiophene rings is 1. The van der Waals surface area contributed by atoms with E-state index in [-0.39, 0.29) is 23.4 Å². The molecule has 4 rings (SSSR count). The molecule has 0 spiro atoms. The van der Waals surface area contributed by atoms with E-state index in [1.807, 2.05) is 35.2 Å². The van der Waals surface area contributed by atoms with Crippen LogP contribution in [0.5, 0.6) is 0 Å². The van der Waals surface area contributed by atoms with E-state index in [1.165, 1.54) is 9.95 Å². The van der Waals surface area contributed by atoms with Crippen LogP contribution in [0.1, 0.15) is 47.4 Å². The van der Waals surface area contributed by atoms with Crippen molar-refractivity contribution >= 4 is 33.4 Å². The van der Waals surface area contributed by atoms with Gasteiger partial charge in [-0.05, 0) is 18.4 Å². The lowest BCUT2D eigenvalue weighted by atomic mass is 10.1. The van der Waals surface area contributed by atoms with Crippen molar-refractivity contribution in [1.82, 2.24) is 14.5 Å². The van der Waals surface area contributed by atoms with Crippen molar-refractivity contribution in [3.63, 3.8) is 0 Å². The highest BCUT2D eigenvalue weighted by atomic mass is 32.1. The van der Waals surface area contributed by atoms with Crippen LogP contribution in [0.4, 0.5) is 0 Å². The highest BCUT2D eigenvalue weighted by molar-refractivity contribution is 7.17. The lowest BCUT2D eigenvalue weighted by Crippen LogP contribution is -2.38. The first-order valence-electron chi connectivity index (χ1n) is 10.1. The fourth-order valence-corrected chi connectivity index (χ4v) is 4.78. The lowest BCUT2D eigenvalue weighted by Gasteiger charge is -2.22. The second-order valence-electron chi connectivity index (χ2n) is 7.51. The summed E-state index contributed by atoms with van der Waals surface area (Å²) in [5.41, 5.74) is 0.442. The molecule has 1 fully saturated rings. The molecule has 0 aliphatic carbocycles. The van der Waals surface area contributed by atoms with E-state index in [4.69, 9.17) is 0 Å². The average Bonchev–Trinajstić information content (AvgIpc) is 2.98. The topological polar surface area (TPSA) is 92.5 Å². The number of aromatic carboxylic acids is 1. The van der Waals surface area contributed by atoms with Crippen LogP contribution >= 0.6 is 11.3 Å². The van der Waals surface area contributed by atoms with Crippen molar-refractivity contribution in [3.05, 3.63) is 63.0 Å². The summed E-state index contributed by atoms with van der Waals surface area (Å²) in [6.45, 7) is 1.26. The van der Waals surface area contributed by atoms with Gasteiger partial charge in [0.25, 0.3) is 5.56 Å². The molecule has 156 valence electrons. The van der Waals surface area contributed by atoms with E-state index in [0.717, 1.165) is 42.6 Å². The fraction of sp³-hybridized carbons (Fsp3) is 0.364. The van der Waals surface area contributed by atoms with Crippen LogP contribution in [0.2, 0.25) is 0 Å². The van der Waals surface area contributed by atoms with Gasteiger partial charge in [0, 0.05) is 24.9 Å². The van der Waals surface area contributed by atoms with Crippen molar-refractivity contribution in [2.45, 2.75) is 38.6 Å². The van der Waals surface area contributed by atoms with E-state index in [2.05, 4.69) is 4.98 Å². The maximum absolute atomic E-state index is 13.3. The summed E-state index contributed by atoms with van der Waals surface area (Å²) < 4.78 is 1.36. The zero-order valence-corrected chi connectivity index (χ0v) is 17.4. The average molecular weight is 426 g/mol. The molecule has 1 aliphatic rings. The van der Waals surface area contributed by atoms with Gasteiger partial charge in [0.1, 0.15) is 17.2 Å². The first-order valence-corrected chi connectivity index (χ1v) is 11.0. The first kappa shape index (κ1) is 20.3. The van der Waals surface area contributed by atoms with Gasteiger partial charge in [-0.1, -0.05) is 43.2 Å². The third-order valence-corrected chi connectivity index (χ3v) is 6.33. The molecule has 0 saturated carbocycles. The number of likely N-dealkylation sites (tertiary alicyclic amines) is 1. The number of aromatic nitrogens is 2. The number of amides is 1. The smallest absolute Gasteiger partial charge is 0.337 e. The molecule has 1 N–H and O–H groups in total. The summed E-state index contributed by atoms with van der Waals surface area (Å²) in [6.07, 6.45) is 4.52. The van der Waals surface area contributed by atoms with Crippen LogP contribution in [-0.2, 0) is 17.8 Å². The van der Waals surface area contributed by atoms with Crippen LogP contribution in [0.25, 0.3) is 10.2 Å². The molecule has 3 aromatic rings. The minimum atomic E-state index is -1.17. The predicted molar refractivity (Wildman–Crippen MR) is 115 cm³/mol. The zero-order chi connectivity index (χ0) is 21.1. The molecular formula is C22H23N3O4S. The van der Waals surface area contributed by atoms with Crippen molar-refractivity contribution in [3.8, 4) is 0 Å². The van der Waals surface area contributed by atoms with Gasteiger partial charge in [-0.2, -0.15) is 0 Å². The Hall–Kier alpha value is -3.00. The predicted octanol–water partition coefficient (Wildman–Crippen LogP) is 3.15. The summed E-state index contributed by atoms with van der Waals surface area (Å²) in [5, 5.41) is 11.0. The summed E-state index contributed by atoms with van der Waals surface area (Å²) >= 11 is 1.14. The van der Waals surface area contributed by atoms with E-state index < -0.39 is 11.5 Å². The number of hydrogen-bond acceptors (Lipinski definition) is 5. The number of fused-ring (bicyclic) bond motifs is 1. The molecule has 3 heterocycles. The molecule has 1 saturated heterocycles. The molecule has 0 radical (unpaired) electrons. The summed E-state index contributed by atoms with van der Waals surface area (Å²) in [5.74, 6) is -0.816. The summed E-state index contributed by atoms with van der Waals surface area (Å²) in [4.78, 5) is 44.7. The zero-order valence-electron chi connectivity index (χ0n) is 16.5. The Morgan fingerprint density at radius 2 is 1.77 bits per heavy atom. The third-order valence-electron chi connectivity index (χ3n) is 5.46. The monoisotopic (exact) mass is 425 g/mol. The SMILES string of the molecule is O=C(O)c1csc2nc(Cc3ccccc3)n(CC(=O)N3CCCCCC3)c(=O)c12. The van der Waals surface area contributed by atoms with Crippen LogP contribution in [0, 0.1) is 0 Å². The Bertz CT molecular complexity index is 1130. The summed E-state index contributed by atoms with van der Waals surface area (Å²) in [7, 11) is 0. The van der Waals surface area contributed by atoms with Crippen LogP contribution < -0.4 is 5.56 Å². The minimum Gasteiger partial charge on any atom is -0.478 e. The molecule has 0 atom stereocenters. The molecular weight excluding hydrogens is 402 g/mol. The maximum Gasteiger partial charge on any atom is 0.337 e. The van der Waals surface area contributed by atoms with E-state index >= 15 is 0 Å². The number of carbonyl (C=O) groups excluding carboxylic acids is 1. The van der Waals surface area contributed by atoms with Crippen molar-refractivity contribution in [2.75, 3.05) is 13.1 Å². The van der Waals surface area contributed by atoms with E-state index in [0.29, 0.717) is 30.2 Å². The summed E-state index contributed by atoms with van der Waals surface area (Å²) in [6, 6.07) is 9.61. The number of benzene rings is 1. The van der Waals surface area contributed by atoms with Gasteiger partial charge in [0.15, 0.2) is 0 Å². The number of rotatable bonds is 5. The van der Waals surface area contributed by atoms with Crippen molar-refractivity contribution in [2.24, 2.45) is 0 Å². The quantitative estimate of drug-likeness (QED) is 0.678. The highest BCUT2D eigenvalue weighted by Crippen LogP contribution is 2.23. The van der Waals surface area contributed by atoms with Gasteiger partial charge in [0.05, 0.1) is 10.9 Å². The lowest BCUT2D eigenvalue weighted by molar-refractivity contribution is -0.131. The minimum absolute atomic E-state index is 0.0604. The number of carbonyl (C=O) groups is 2. The van der Waals surface area contributed by atoms with E-state index in [9.17, 15) is 19.5 Å². The second-order valence-corrected chi connectivity index (χ2v) is 8.37. The molecule has 1 aromatic carbocycles. The van der Waals surface area contributed by atoms with Gasteiger partial charge in [-0.15, -0.1) is 11.3 Å². The Morgan fingerprint density at radius 3 is 2.43 bits per heavy atom. The van der Waals surface area contributed by atoms with Crippen LogP contribution in [0.15, 0.2) is 40.5 Å². The molecule has 0 bridgehead atoms. The normalized spacial score (nSPS) is 14.6. The number of carboxylic acid groups (broad SMARTS) is 1. The van der Waals surface area contributed by atoms with Crippen LogP contribution in [0.3, 0.4) is 0 Å². The fourth-order valence-electron chi connectivity index (χ4n) is 3.86. The molecule has 8 heteroatoms. The van der Waals surface area contributed by atoms with Gasteiger partial charge >= 0.3 is 5.97 Å². The first-order chi connectivity index (χ1) is 14.5. The molecule has 7 nitrogen and oxygen atoms in total. The van der Waals surface area contributed by atoms with Crippen LogP contribution in [-0.4, -0.2) is 44.5 Å². The van der Waals surface area contributed by atoms with Gasteiger partial charge in [0.2, 0.25) is 5.91 Å². The van der Waals surface area contributed by atoms with Crippen molar-refractivity contribution < 1.29 is 14.7 Å². The number of nitrogens with zero attached hydrogens (tertiary/aromatic N) is 3. The molecule has 1 amide bonds. The highest BCUT2D eigenvalue weighted by Gasteiger charge is 2.23. The Morgan fingerprint density at radius 1 is 1.07 bits per heavy atom. The Balaban J connectivity index is 1.77. The molecule has 30 heavy (non-hydrogen) atoms. The standard InChI is InChI=1S/C22H23N3O4S/c26-18(24-10-6-1-2-7-11-24)13-25-17(12-15-8-4-3-5-9-15)23-20-19(21(25)27)16(14-30-20)22(28)29/h3-5,8-9,14H,1-2,6-7,10-13H2,(H,28,29). The second kappa shape index (κ2) is 8.79. The third kappa shape index (κ3) is 4.14. The molecule has 2 aromatic heterocycles. The maximum atomic E-state index is 13.3. The molecule has 0 unspecified atom stereocenters. The van der Waals surface area contributed by atoms with E-state index in [1.54, 1.807) is 0 Å². The van der Waals surface area contributed by atoms with Gasteiger partial charge in [-0.25, -0.2) is 9.78 Å². The number of carboxylic acids is 1. The van der Waals surface area contributed by atoms with Gasteiger partial charge < -0.3 is 10.0 Å². The largest absolute Gasteiger partial charge is 0.478 e. The van der Waals surface area contributed by atoms with Gasteiger partial charge in [-0.3, -0.25) is 14.2 Å². The Kier molecular flexibility index (Phi) is 5.94. The number of hydrogen-bond donors (Lipinski definition) is 1.